The molecule has 0 aliphatic rings. The van der Waals surface area contributed by atoms with E-state index in [-0.39, 0.29) is 0 Å². The minimum atomic E-state index is 0.612. The van der Waals surface area contributed by atoms with Gasteiger partial charge in [-0.25, -0.2) is 0 Å². The van der Waals surface area contributed by atoms with Crippen molar-refractivity contribution in [2.45, 2.75) is 20.8 Å². The molecular formula is C12H13BN2. The quantitative estimate of drug-likeness (QED) is 0.644. The van der Waals surface area contributed by atoms with Crippen LogP contribution in [0, 0.1) is 18.3 Å². The highest BCUT2D eigenvalue weighted by molar-refractivity contribution is 6.33. The second-order valence-corrected chi connectivity index (χ2v) is 3.04. The average Bonchev–Trinajstić information content (AvgIpc) is 2.58. The van der Waals surface area contributed by atoms with Gasteiger partial charge in [-0.1, -0.05) is 31.4 Å². The van der Waals surface area contributed by atoms with E-state index in [1.165, 1.54) is 0 Å². The smallest absolute Gasteiger partial charge is 0.121 e. The van der Waals surface area contributed by atoms with Gasteiger partial charge in [0.15, 0.2) is 0 Å². The van der Waals surface area contributed by atoms with E-state index in [9.17, 15) is 0 Å². The zero-order valence-electron chi connectivity index (χ0n) is 9.26. The number of hydrogen-bond donors (Lipinski definition) is 1. The van der Waals surface area contributed by atoms with Crippen LogP contribution in [-0.2, 0) is 0 Å². The Kier molecular flexibility index (Phi) is 3.57. The fourth-order valence-corrected chi connectivity index (χ4v) is 1.47. The summed E-state index contributed by atoms with van der Waals surface area (Å²) in [5, 5.41) is 9.84. The number of hydrogen-bond acceptors (Lipinski definition) is 1. The first-order valence-corrected chi connectivity index (χ1v) is 5.00. The minimum absolute atomic E-state index is 0.612. The molecule has 1 heterocycles. The van der Waals surface area contributed by atoms with E-state index in [0.29, 0.717) is 11.2 Å². The van der Waals surface area contributed by atoms with Crippen molar-refractivity contribution in [2.24, 2.45) is 0 Å². The largest absolute Gasteiger partial charge is 0.346 e. The van der Waals surface area contributed by atoms with E-state index < -0.39 is 0 Å². The lowest BCUT2D eigenvalue weighted by Crippen LogP contribution is -1.99. The fraction of sp³-hybridized carbons (Fsp3) is 0.250. The number of rotatable bonds is 0. The molecule has 0 unspecified atom stereocenters. The molecular weight excluding hydrogens is 183 g/mol. The number of aryl methyl sites for hydroxylation is 1. The van der Waals surface area contributed by atoms with Crippen molar-refractivity contribution in [1.82, 2.24) is 4.98 Å². The molecule has 0 saturated heterocycles. The molecule has 3 heteroatoms. The Labute approximate surface area is 91.3 Å². The van der Waals surface area contributed by atoms with Gasteiger partial charge in [0.2, 0.25) is 0 Å². The van der Waals surface area contributed by atoms with E-state index in [0.717, 1.165) is 16.5 Å². The highest BCUT2D eigenvalue weighted by Gasteiger charge is 2.05. The van der Waals surface area contributed by atoms with Gasteiger partial charge in [-0.2, -0.15) is 5.26 Å². The summed E-state index contributed by atoms with van der Waals surface area (Å²) >= 11 is 0. The van der Waals surface area contributed by atoms with Gasteiger partial charge in [0.05, 0.1) is 0 Å². The Morgan fingerprint density at radius 3 is 2.60 bits per heavy atom. The molecule has 0 fully saturated rings. The lowest BCUT2D eigenvalue weighted by Gasteiger charge is -1.92. The summed E-state index contributed by atoms with van der Waals surface area (Å²) < 4.78 is 0. The van der Waals surface area contributed by atoms with E-state index in [1.807, 2.05) is 39.0 Å². The molecule has 2 aromatic rings. The predicted octanol–water partition coefficient (Wildman–Crippen LogP) is 2.17. The topological polar surface area (TPSA) is 39.6 Å². The number of aromatic amines is 1. The summed E-state index contributed by atoms with van der Waals surface area (Å²) in [6.07, 6.45) is 0. The Hall–Kier alpha value is -1.69. The average molecular weight is 196 g/mol. The van der Waals surface area contributed by atoms with Crippen LogP contribution in [0.4, 0.5) is 0 Å². The van der Waals surface area contributed by atoms with Crippen LogP contribution >= 0.6 is 0 Å². The Bertz CT molecular complexity index is 506. The van der Waals surface area contributed by atoms with Crippen molar-refractivity contribution >= 4 is 24.2 Å². The normalized spacial score (nSPS) is 9.20. The second-order valence-electron chi connectivity index (χ2n) is 3.04. The third kappa shape index (κ3) is 2.04. The molecule has 0 aliphatic carbocycles. The Morgan fingerprint density at radius 1 is 1.33 bits per heavy atom. The van der Waals surface area contributed by atoms with Gasteiger partial charge in [-0.15, -0.1) is 0 Å². The molecule has 1 aromatic carbocycles. The molecule has 2 nitrogen and oxygen atoms in total. The molecule has 15 heavy (non-hydrogen) atoms. The number of H-pyrrole nitrogens is 1. The summed E-state index contributed by atoms with van der Waals surface area (Å²) in [5.74, 6) is 0. The van der Waals surface area contributed by atoms with Gasteiger partial charge in [0.1, 0.15) is 19.6 Å². The summed E-state index contributed by atoms with van der Waals surface area (Å²) in [5.41, 5.74) is 3.23. The molecule has 74 valence electrons. The Morgan fingerprint density at radius 2 is 2.00 bits per heavy atom. The molecule has 0 spiro atoms. The molecule has 1 N–H and O–H groups in total. The summed E-state index contributed by atoms with van der Waals surface area (Å²) in [4.78, 5) is 3.01. The summed E-state index contributed by atoms with van der Waals surface area (Å²) in [7, 11) is 5.62. The van der Waals surface area contributed by atoms with Crippen molar-refractivity contribution < 1.29 is 0 Å². The molecule has 1 aromatic heterocycles. The zero-order valence-corrected chi connectivity index (χ0v) is 9.26. The number of nitrogens with zero attached hydrogens (tertiary/aromatic N) is 1. The van der Waals surface area contributed by atoms with Gasteiger partial charge in [0, 0.05) is 10.9 Å². The van der Waals surface area contributed by atoms with E-state index in [2.05, 4.69) is 11.1 Å². The second kappa shape index (κ2) is 4.70. The minimum Gasteiger partial charge on any atom is -0.346 e. The molecule has 0 atom stereocenters. The SMILES string of the molecule is CC.[B]c1ccc2c(C)c(C#N)[nH]c2c1. The van der Waals surface area contributed by atoms with Crippen molar-refractivity contribution in [2.75, 3.05) is 0 Å². The number of fused-ring (bicyclic) bond motifs is 1. The molecule has 0 amide bonds. The lowest BCUT2D eigenvalue weighted by atomic mass is 9.95. The van der Waals surface area contributed by atoms with Crippen LogP contribution in [0.5, 0.6) is 0 Å². The monoisotopic (exact) mass is 196 g/mol. The number of aromatic nitrogens is 1. The summed E-state index contributed by atoms with van der Waals surface area (Å²) in [6.45, 7) is 5.92. The zero-order chi connectivity index (χ0) is 11.4. The van der Waals surface area contributed by atoms with Crippen LogP contribution in [0.15, 0.2) is 18.2 Å². The number of nitrogens with one attached hydrogen (secondary N) is 1. The van der Waals surface area contributed by atoms with Gasteiger partial charge >= 0.3 is 0 Å². The first-order valence-electron chi connectivity index (χ1n) is 5.00. The van der Waals surface area contributed by atoms with Crippen molar-refractivity contribution in [3.8, 4) is 6.07 Å². The third-order valence-corrected chi connectivity index (χ3v) is 2.19. The molecule has 2 rings (SSSR count). The number of benzene rings is 1. The van der Waals surface area contributed by atoms with Crippen molar-refractivity contribution in [3.05, 3.63) is 29.5 Å². The van der Waals surface area contributed by atoms with Gasteiger partial charge in [0.25, 0.3) is 0 Å². The fourth-order valence-electron chi connectivity index (χ4n) is 1.47. The van der Waals surface area contributed by atoms with E-state index >= 15 is 0 Å². The number of nitriles is 1. The third-order valence-electron chi connectivity index (χ3n) is 2.19. The standard InChI is InChI=1S/C10H7BN2.C2H6/c1-6-8-3-2-7(11)4-9(8)13-10(6)5-12;1-2/h2-4,13H,1H3;1-2H3. The predicted molar refractivity (Wildman–Crippen MR) is 64.5 cm³/mol. The van der Waals surface area contributed by atoms with Gasteiger partial charge < -0.3 is 4.98 Å². The van der Waals surface area contributed by atoms with Crippen LogP contribution in [0.1, 0.15) is 25.1 Å². The van der Waals surface area contributed by atoms with Crippen molar-refractivity contribution in [1.29, 1.82) is 5.26 Å². The highest BCUT2D eigenvalue weighted by Crippen LogP contribution is 2.19. The molecule has 0 bridgehead atoms. The van der Waals surface area contributed by atoms with Gasteiger partial charge in [-0.3, -0.25) is 0 Å². The molecule has 2 radical (unpaired) electrons. The van der Waals surface area contributed by atoms with E-state index in [1.54, 1.807) is 0 Å². The van der Waals surface area contributed by atoms with Crippen LogP contribution in [0.2, 0.25) is 0 Å². The van der Waals surface area contributed by atoms with Crippen LogP contribution in [-0.4, -0.2) is 12.8 Å². The lowest BCUT2D eigenvalue weighted by molar-refractivity contribution is 1.33. The van der Waals surface area contributed by atoms with Crippen LogP contribution < -0.4 is 5.46 Å². The van der Waals surface area contributed by atoms with Crippen LogP contribution in [0.3, 0.4) is 0 Å². The van der Waals surface area contributed by atoms with Gasteiger partial charge in [-0.05, 0) is 18.6 Å². The van der Waals surface area contributed by atoms with Crippen LogP contribution in [0.25, 0.3) is 10.9 Å². The maximum atomic E-state index is 8.78. The maximum Gasteiger partial charge on any atom is 0.121 e. The Balaban J connectivity index is 0.000000531. The summed E-state index contributed by atoms with van der Waals surface area (Å²) in [6, 6.07) is 7.71. The maximum absolute atomic E-state index is 8.78. The first-order chi connectivity index (χ1) is 7.22. The van der Waals surface area contributed by atoms with E-state index in [4.69, 9.17) is 13.1 Å². The van der Waals surface area contributed by atoms with Crippen molar-refractivity contribution in [3.63, 3.8) is 0 Å². The highest BCUT2D eigenvalue weighted by atomic mass is 14.7. The first kappa shape index (κ1) is 11.4. The molecule has 0 saturated carbocycles. The molecule has 0 aliphatic heterocycles.